The van der Waals surface area contributed by atoms with Crippen molar-refractivity contribution >= 4 is 39.3 Å². The predicted molar refractivity (Wildman–Crippen MR) is 116 cm³/mol. The molecule has 10 heteroatoms. The van der Waals surface area contributed by atoms with E-state index in [4.69, 9.17) is 0 Å². The molecule has 0 saturated carbocycles. The van der Waals surface area contributed by atoms with Crippen LogP contribution in [0.25, 0.3) is 10.2 Å². The molecule has 1 aliphatic heterocycles. The second kappa shape index (κ2) is 8.93. The minimum absolute atomic E-state index is 0.0263. The summed E-state index contributed by atoms with van der Waals surface area (Å²) in [5.41, 5.74) is 1.62. The molecule has 1 saturated heterocycles. The highest BCUT2D eigenvalue weighted by Crippen LogP contribution is 2.28. The van der Waals surface area contributed by atoms with Gasteiger partial charge in [0.1, 0.15) is 5.82 Å². The molecule has 2 amide bonds. The van der Waals surface area contributed by atoms with E-state index in [-0.39, 0.29) is 29.7 Å². The maximum atomic E-state index is 13.5. The van der Waals surface area contributed by atoms with Crippen molar-refractivity contribution in [3.05, 3.63) is 47.0 Å². The molecular formula is C21H23FN6O2S. The first-order valence-corrected chi connectivity index (χ1v) is 11.0. The van der Waals surface area contributed by atoms with Crippen molar-refractivity contribution in [1.82, 2.24) is 25.2 Å². The van der Waals surface area contributed by atoms with Crippen LogP contribution in [0.1, 0.15) is 42.4 Å². The number of nitrogens with one attached hydrogen (secondary N) is 2. The van der Waals surface area contributed by atoms with E-state index in [9.17, 15) is 14.0 Å². The van der Waals surface area contributed by atoms with E-state index in [0.717, 1.165) is 6.20 Å². The summed E-state index contributed by atoms with van der Waals surface area (Å²) < 4.78 is 14.2. The molecule has 3 aromatic rings. The number of pyridine rings is 1. The SMILES string of the molecule is CCNC(=O)C1CCN(C(=O)c2nc(NC(C)c3cncc(F)c3)nc3ccsc23)C1. The molecule has 0 spiro atoms. The van der Waals surface area contributed by atoms with Crippen molar-refractivity contribution < 1.29 is 14.0 Å². The van der Waals surface area contributed by atoms with Crippen LogP contribution in [-0.2, 0) is 4.79 Å². The first-order valence-electron chi connectivity index (χ1n) is 10.2. The summed E-state index contributed by atoms with van der Waals surface area (Å²) in [4.78, 5) is 39.9. The van der Waals surface area contributed by atoms with Crippen LogP contribution >= 0.6 is 11.3 Å². The molecule has 4 heterocycles. The fourth-order valence-electron chi connectivity index (χ4n) is 3.64. The van der Waals surface area contributed by atoms with Gasteiger partial charge in [0.05, 0.1) is 28.4 Å². The molecular weight excluding hydrogens is 419 g/mol. The van der Waals surface area contributed by atoms with Gasteiger partial charge in [-0.1, -0.05) is 0 Å². The number of rotatable bonds is 6. The largest absolute Gasteiger partial charge is 0.356 e. The summed E-state index contributed by atoms with van der Waals surface area (Å²) in [5, 5.41) is 7.82. The molecule has 8 nitrogen and oxygen atoms in total. The number of likely N-dealkylation sites (tertiary alicyclic amines) is 1. The number of carbonyl (C=O) groups excluding carboxylic acids is 2. The summed E-state index contributed by atoms with van der Waals surface area (Å²) in [6.45, 7) is 5.16. The highest BCUT2D eigenvalue weighted by molar-refractivity contribution is 7.17. The Morgan fingerprint density at radius 3 is 2.97 bits per heavy atom. The van der Waals surface area contributed by atoms with Gasteiger partial charge in [-0.3, -0.25) is 14.6 Å². The fourth-order valence-corrected chi connectivity index (χ4v) is 4.45. The first-order chi connectivity index (χ1) is 15.0. The third kappa shape index (κ3) is 4.48. The van der Waals surface area contributed by atoms with E-state index in [1.165, 1.54) is 17.4 Å². The van der Waals surface area contributed by atoms with Crippen LogP contribution in [0, 0.1) is 11.7 Å². The molecule has 31 heavy (non-hydrogen) atoms. The van der Waals surface area contributed by atoms with E-state index in [0.29, 0.717) is 47.5 Å². The first kappa shape index (κ1) is 21.1. The zero-order chi connectivity index (χ0) is 22.0. The van der Waals surface area contributed by atoms with E-state index in [2.05, 4.69) is 25.6 Å². The Morgan fingerprint density at radius 2 is 2.19 bits per heavy atom. The van der Waals surface area contributed by atoms with Crippen molar-refractivity contribution in [3.63, 3.8) is 0 Å². The molecule has 0 radical (unpaired) electrons. The van der Waals surface area contributed by atoms with Crippen LogP contribution in [0.3, 0.4) is 0 Å². The highest BCUT2D eigenvalue weighted by atomic mass is 32.1. The second-order valence-electron chi connectivity index (χ2n) is 7.46. The quantitative estimate of drug-likeness (QED) is 0.609. The van der Waals surface area contributed by atoms with Gasteiger partial charge in [0, 0.05) is 25.8 Å². The Bertz CT molecular complexity index is 1120. The number of amides is 2. The van der Waals surface area contributed by atoms with E-state index in [1.807, 2.05) is 25.3 Å². The van der Waals surface area contributed by atoms with Crippen molar-refractivity contribution in [2.45, 2.75) is 26.3 Å². The number of fused-ring (bicyclic) bond motifs is 1. The van der Waals surface area contributed by atoms with Crippen molar-refractivity contribution in [1.29, 1.82) is 0 Å². The Kier molecular flexibility index (Phi) is 6.08. The molecule has 162 valence electrons. The average molecular weight is 443 g/mol. The Labute approximate surface area is 182 Å². The maximum Gasteiger partial charge on any atom is 0.274 e. The normalized spacial score (nSPS) is 17.0. The summed E-state index contributed by atoms with van der Waals surface area (Å²) >= 11 is 1.40. The zero-order valence-electron chi connectivity index (χ0n) is 17.3. The number of hydrogen-bond donors (Lipinski definition) is 2. The zero-order valence-corrected chi connectivity index (χ0v) is 18.1. The average Bonchev–Trinajstić information content (AvgIpc) is 3.42. The summed E-state index contributed by atoms with van der Waals surface area (Å²) in [6, 6.07) is 2.92. The molecule has 0 aliphatic carbocycles. The number of aromatic nitrogens is 3. The van der Waals surface area contributed by atoms with Gasteiger partial charge in [-0.25, -0.2) is 14.4 Å². The van der Waals surface area contributed by atoms with Gasteiger partial charge in [0.25, 0.3) is 5.91 Å². The van der Waals surface area contributed by atoms with E-state index >= 15 is 0 Å². The van der Waals surface area contributed by atoms with Gasteiger partial charge >= 0.3 is 0 Å². The van der Waals surface area contributed by atoms with Gasteiger partial charge in [0.15, 0.2) is 5.69 Å². The molecule has 2 unspecified atom stereocenters. The number of carbonyl (C=O) groups is 2. The summed E-state index contributed by atoms with van der Waals surface area (Å²) in [5.74, 6) is -0.591. The molecule has 2 N–H and O–H groups in total. The van der Waals surface area contributed by atoms with Crippen molar-refractivity contribution in [2.75, 3.05) is 25.0 Å². The summed E-state index contributed by atoms with van der Waals surface area (Å²) in [6.07, 6.45) is 3.34. The van der Waals surface area contributed by atoms with Gasteiger partial charge in [-0.05, 0) is 43.3 Å². The van der Waals surface area contributed by atoms with Gasteiger partial charge in [-0.2, -0.15) is 0 Å². The van der Waals surface area contributed by atoms with Gasteiger partial charge in [-0.15, -0.1) is 11.3 Å². The predicted octanol–water partition coefficient (Wildman–Crippen LogP) is 3.00. The van der Waals surface area contributed by atoms with Gasteiger partial charge in [0.2, 0.25) is 11.9 Å². The third-order valence-corrected chi connectivity index (χ3v) is 6.19. The Hall–Kier alpha value is -3.14. The van der Waals surface area contributed by atoms with E-state index in [1.54, 1.807) is 11.1 Å². The van der Waals surface area contributed by atoms with Crippen LogP contribution in [0.15, 0.2) is 29.9 Å². The standard InChI is InChI=1S/C21H23FN6O2S/c1-3-24-19(29)13-4-6-28(11-13)20(30)17-18-16(5-7-31-18)26-21(27-17)25-12(2)14-8-15(22)10-23-9-14/h5,7-10,12-13H,3-4,6,11H2,1-2H3,(H,24,29)(H,25,26,27). The van der Waals surface area contributed by atoms with Crippen LogP contribution < -0.4 is 10.6 Å². The monoisotopic (exact) mass is 442 g/mol. The second-order valence-corrected chi connectivity index (χ2v) is 8.38. The lowest BCUT2D eigenvalue weighted by Gasteiger charge is -2.18. The van der Waals surface area contributed by atoms with Crippen LogP contribution in [-0.4, -0.2) is 51.3 Å². The lowest BCUT2D eigenvalue weighted by Crippen LogP contribution is -2.34. The van der Waals surface area contributed by atoms with Crippen molar-refractivity contribution in [3.8, 4) is 0 Å². The molecule has 4 rings (SSSR count). The molecule has 1 fully saturated rings. The number of halogens is 1. The van der Waals surface area contributed by atoms with Crippen LogP contribution in [0.4, 0.5) is 10.3 Å². The number of hydrogen-bond acceptors (Lipinski definition) is 7. The van der Waals surface area contributed by atoms with Crippen LogP contribution in [0.2, 0.25) is 0 Å². The van der Waals surface area contributed by atoms with E-state index < -0.39 is 5.82 Å². The minimum atomic E-state index is -0.424. The molecule has 1 aliphatic rings. The Balaban J connectivity index is 1.57. The topological polar surface area (TPSA) is 100 Å². The minimum Gasteiger partial charge on any atom is -0.356 e. The maximum absolute atomic E-state index is 13.5. The van der Waals surface area contributed by atoms with Crippen LogP contribution in [0.5, 0.6) is 0 Å². The van der Waals surface area contributed by atoms with Gasteiger partial charge < -0.3 is 15.5 Å². The molecule has 0 bridgehead atoms. The Morgan fingerprint density at radius 1 is 1.35 bits per heavy atom. The smallest absolute Gasteiger partial charge is 0.274 e. The summed E-state index contributed by atoms with van der Waals surface area (Å²) in [7, 11) is 0. The fraction of sp³-hybridized carbons (Fsp3) is 0.381. The number of thiophene rings is 1. The molecule has 0 aromatic carbocycles. The number of anilines is 1. The lowest BCUT2D eigenvalue weighted by molar-refractivity contribution is -0.124. The third-order valence-electron chi connectivity index (χ3n) is 5.28. The molecule has 2 atom stereocenters. The number of nitrogens with zero attached hydrogens (tertiary/aromatic N) is 4. The van der Waals surface area contributed by atoms with Crippen molar-refractivity contribution in [2.24, 2.45) is 5.92 Å². The highest BCUT2D eigenvalue weighted by Gasteiger charge is 2.33. The lowest BCUT2D eigenvalue weighted by atomic mass is 10.1. The molecule has 3 aromatic heterocycles.